The molecular formula is C19H25N4. The third kappa shape index (κ3) is 3.03. The fourth-order valence-electron chi connectivity index (χ4n) is 3.03. The maximum atomic E-state index is 6.19. The Kier molecular flexibility index (Phi) is 4.00. The molecule has 2 aromatic heterocycles. The van der Waals surface area contributed by atoms with Gasteiger partial charge in [-0.3, -0.25) is 0 Å². The molecule has 0 aliphatic heterocycles. The fourth-order valence-corrected chi connectivity index (χ4v) is 3.03. The molecule has 0 amide bonds. The largest absolute Gasteiger partial charge is 0.382 e. The number of fused-ring (bicyclic) bond motifs is 3. The number of imidazole rings is 1. The molecule has 1 aromatic carbocycles. The Hall–Kier alpha value is -2.10. The van der Waals surface area contributed by atoms with Gasteiger partial charge < -0.3 is 10.3 Å². The summed E-state index contributed by atoms with van der Waals surface area (Å²) in [6.45, 7) is 11.6. The third-order valence-electron chi connectivity index (χ3n) is 4.03. The Balaban J connectivity index is 2.32. The Labute approximate surface area is 137 Å². The summed E-state index contributed by atoms with van der Waals surface area (Å²) in [5.74, 6) is 1.60. The summed E-state index contributed by atoms with van der Waals surface area (Å²) in [5.41, 5.74) is 8.95. The average Bonchev–Trinajstić information content (AvgIpc) is 2.83. The minimum absolute atomic E-state index is 0.0757. The summed E-state index contributed by atoms with van der Waals surface area (Å²) in [4.78, 5) is 9.35. The third-order valence-corrected chi connectivity index (χ3v) is 4.03. The Morgan fingerprint density at radius 2 is 1.96 bits per heavy atom. The number of aromatic nitrogens is 3. The van der Waals surface area contributed by atoms with Crippen molar-refractivity contribution >= 4 is 27.8 Å². The number of pyridine rings is 1. The number of unbranched alkanes of at least 4 members (excludes halogenated alkanes) is 1. The smallest absolute Gasteiger partial charge is 0.152 e. The highest BCUT2D eigenvalue weighted by Crippen LogP contribution is 2.31. The lowest BCUT2D eigenvalue weighted by molar-refractivity contribution is 0.390. The van der Waals surface area contributed by atoms with Gasteiger partial charge in [-0.2, -0.15) is 0 Å². The Morgan fingerprint density at radius 3 is 2.65 bits per heavy atom. The van der Waals surface area contributed by atoms with Crippen molar-refractivity contribution in [1.82, 2.24) is 14.5 Å². The zero-order valence-electron chi connectivity index (χ0n) is 14.3. The van der Waals surface area contributed by atoms with Gasteiger partial charge in [0.05, 0.1) is 11.0 Å². The lowest BCUT2D eigenvalue weighted by Crippen LogP contribution is -2.18. The molecular weight excluding hydrogens is 284 g/mol. The highest BCUT2D eigenvalue weighted by molar-refractivity contribution is 6.06. The predicted molar refractivity (Wildman–Crippen MR) is 97.2 cm³/mol. The number of hydrogen-bond acceptors (Lipinski definition) is 3. The summed E-state index contributed by atoms with van der Waals surface area (Å²) >= 11 is 0. The van der Waals surface area contributed by atoms with Gasteiger partial charge in [-0.05, 0) is 24.8 Å². The lowest BCUT2D eigenvalue weighted by Gasteiger charge is -2.21. The molecule has 3 aromatic rings. The van der Waals surface area contributed by atoms with Gasteiger partial charge in [0, 0.05) is 18.4 Å². The van der Waals surface area contributed by atoms with Crippen LogP contribution in [0.2, 0.25) is 0 Å². The second kappa shape index (κ2) is 5.84. The molecule has 0 saturated heterocycles. The molecule has 121 valence electrons. The first-order chi connectivity index (χ1) is 10.9. The molecule has 0 unspecified atom stereocenters. The summed E-state index contributed by atoms with van der Waals surface area (Å²) in [5, 5.41) is 1.11. The van der Waals surface area contributed by atoms with Crippen LogP contribution in [0.3, 0.4) is 0 Å². The zero-order valence-corrected chi connectivity index (χ0v) is 14.3. The average molecular weight is 309 g/mol. The molecule has 23 heavy (non-hydrogen) atoms. The van der Waals surface area contributed by atoms with Crippen LogP contribution in [0, 0.1) is 12.3 Å². The van der Waals surface area contributed by atoms with Crippen molar-refractivity contribution in [1.29, 1.82) is 0 Å². The van der Waals surface area contributed by atoms with Crippen molar-refractivity contribution in [3.8, 4) is 0 Å². The number of nitrogens with two attached hydrogens (primary N) is 1. The molecule has 4 nitrogen and oxygen atoms in total. The first-order valence-electron chi connectivity index (χ1n) is 8.29. The van der Waals surface area contributed by atoms with Crippen molar-refractivity contribution in [3.05, 3.63) is 37.0 Å². The molecule has 0 spiro atoms. The predicted octanol–water partition coefficient (Wildman–Crippen LogP) is 4.37. The zero-order chi connectivity index (χ0) is 16.6. The quantitative estimate of drug-likeness (QED) is 0.761. The van der Waals surface area contributed by atoms with E-state index in [0.29, 0.717) is 5.82 Å². The lowest BCUT2D eigenvalue weighted by atomic mass is 9.96. The van der Waals surface area contributed by atoms with Gasteiger partial charge in [-0.15, -0.1) is 0 Å². The van der Waals surface area contributed by atoms with E-state index in [0.717, 1.165) is 53.6 Å². The van der Waals surface area contributed by atoms with E-state index in [-0.39, 0.29) is 5.41 Å². The highest BCUT2D eigenvalue weighted by Gasteiger charge is 2.21. The molecule has 2 heterocycles. The summed E-state index contributed by atoms with van der Waals surface area (Å²) < 4.78 is 2.30. The number of anilines is 1. The van der Waals surface area contributed by atoms with Gasteiger partial charge in [0.2, 0.25) is 0 Å². The van der Waals surface area contributed by atoms with Crippen LogP contribution in [0.15, 0.2) is 24.3 Å². The molecule has 0 aliphatic carbocycles. The minimum Gasteiger partial charge on any atom is -0.382 e. The van der Waals surface area contributed by atoms with Gasteiger partial charge in [0.25, 0.3) is 0 Å². The molecule has 1 radical (unpaired) electrons. The monoisotopic (exact) mass is 309 g/mol. The minimum atomic E-state index is -0.0757. The van der Waals surface area contributed by atoms with Gasteiger partial charge >= 0.3 is 0 Å². The van der Waals surface area contributed by atoms with E-state index in [9.17, 15) is 0 Å². The molecule has 0 saturated carbocycles. The maximum Gasteiger partial charge on any atom is 0.152 e. The summed E-state index contributed by atoms with van der Waals surface area (Å²) in [6.07, 6.45) is 3.21. The van der Waals surface area contributed by atoms with E-state index in [1.54, 1.807) is 0 Å². The number of benzene rings is 1. The van der Waals surface area contributed by atoms with E-state index in [1.165, 1.54) is 0 Å². The van der Waals surface area contributed by atoms with Crippen molar-refractivity contribution in [2.24, 2.45) is 5.41 Å². The molecule has 2 N–H and O–H groups in total. The van der Waals surface area contributed by atoms with E-state index >= 15 is 0 Å². The standard InChI is InChI=1S/C19H25N4/c1-5-6-11-15-22-16-17(23(15)12-19(2,3)4)13-9-7-8-10-14(13)21-18(16)20/h7-10H,2,5-6,11-12H2,1,3-4H3,(H2,20,21). The van der Waals surface area contributed by atoms with Crippen LogP contribution in [0.5, 0.6) is 0 Å². The molecule has 0 aliphatic rings. The number of nitrogen functional groups attached to an aromatic ring is 1. The van der Waals surface area contributed by atoms with Crippen molar-refractivity contribution in [3.63, 3.8) is 0 Å². The van der Waals surface area contributed by atoms with Crippen LogP contribution in [-0.4, -0.2) is 14.5 Å². The van der Waals surface area contributed by atoms with Crippen LogP contribution < -0.4 is 5.73 Å². The van der Waals surface area contributed by atoms with Gasteiger partial charge in [0.15, 0.2) is 5.82 Å². The van der Waals surface area contributed by atoms with Crippen LogP contribution in [0.25, 0.3) is 21.9 Å². The number of para-hydroxylation sites is 1. The van der Waals surface area contributed by atoms with Gasteiger partial charge in [-0.25, -0.2) is 9.97 Å². The molecule has 3 rings (SSSR count). The second-order valence-electron chi connectivity index (χ2n) is 7.09. The molecule has 0 bridgehead atoms. The van der Waals surface area contributed by atoms with Crippen molar-refractivity contribution < 1.29 is 0 Å². The van der Waals surface area contributed by atoms with E-state index in [1.807, 2.05) is 18.2 Å². The Morgan fingerprint density at radius 1 is 1.22 bits per heavy atom. The van der Waals surface area contributed by atoms with Crippen LogP contribution in [0.4, 0.5) is 5.82 Å². The Bertz CT molecular complexity index is 840. The summed E-state index contributed by atoms with van der Waals surface area (Å²) in [7, 11) is 0. The number of aryl methyl sites for hydroxylation is 1. The highest BCUT2D eigenvalue weighted by atomic mass is 15.1. The first-order valence-corrected chi connectivity index (χ1v) is 8.29. The second-order valence-corrected chi connectivity index (χ2v) is 7.09. The van der Waals surface area contributed by atoms with Crippen LogP contribution in [-0.2, 0) is 13.0 Å². The normalized spacial score (nSPS) is 12.3. The molecule has 0 atom stereocenters. The fraction of sp³-hybridized carbons (Fsp3) is 0.421. The van der Waals surface area contributed by atoms with Crippen LogP contribution in [0.1, 0.15) is 39.4 Å². The topological polar surface area (TPSA) is 56.7 Å². The first kappa shape index (κ1) is 15.8. The van der Waals surface area contributed by atoms with Crippen molar-refractivity contribution in [2.75, 3.05) is 5.73 Å². The van der Waals surface area contributed by atoms with Gasteiger partial charge in [0.1, 0.15) is 11.3 Å². The van der Waals surface area contributed by atoms with Crippen LogP contribution >= 0.6 is 0 Å². The maximum absolute atomic E-state index is 6.19. The SMILES string of the molecule is [CH2]C(C)(C)Cn1c(CCCC)nc2c(N)nc3ccccc3c21. The van der Waals surface area contributed by atoms with E-state index < -0.39 is 0 Å². The van der Waals surface area contributed by atoms with E-state index in [4.69, 9.17) is 10.7 Å². The summed E-state index contributed by atoms with van der Waals surface area (Å²) in [6, 6.07) is 8.13. The number of rotatable bonds is 5. The molecule has 4 heteroatoms. The number of nitrogens with zero attached hydrogens (tertiary/aromatic N) is 3. The number of hydrogen-bond donors (Lipinski definition) is 1. The van der Waals surface area contributed by atoms with Crippen molar-refractivity contribution in [2.45, 2.75) is 46.6 Å². The molecule has 0 fully saturated rings. The van der Waals surface area contributed by atoms with E-state index in [2.05, 4.69) is 43.3 Å². The van der Waals surface area contributed by atoms with Gasteiger partial charge in [-0.1, -0.05) is 45.4 Å².